The van der Waals surface area contributed by atoms with Gasteiger partial charge >= 0.3 is 0 Å². The van der Waals surface area contributed by atoms with Gasteiger partial charge in [0.05, 0.1) is 11.6 Å². The van der Waals surface area contributed by atoms with Gasteiger partial charge in [-0.3, -0.25) is 15.3 Å². The molecule has 0 aromatic carbocycles. The molecule has 19 heavy (non-hydrogen) atoms. The van der Waals surface area contributed by atoms with Crippen LogP contribution in [-0.2, 0) is 4.79 Å². The predicted octanol–water partition coefficient (Wildman–Crippen LogP) is -0.473. The zero-order valence-electron chi connectivity index (χ0n) is 10.9. The Morgan fingerprint density at radius 2 is 2.21 bits per heavy atom. The van der Waals surface area contributed by atoms with Crippen molar-refractivity contribution >= 4 is 28.7 Å². The zero-order valence-corrected chi connectivity index (χ0v) is 10.9. The van der Waals surface area contributed by atoms with E-state index in [2.05, 4.69) is 30.9 Å². The van der Waals surface area contributed by atoms with E-state index < -0.39 is 6.04 Å². The molecule has 0 aliphatic carbocycles. The minimum atomic E-state index is -0.423. The highest BCUT2D eigenvalue weighted by molar-refractivity contribution is 5.90. The molecule has 0 aliphatic rings. The van der Waals surface area contributed by atoms with E-state index in [-0.39, 0.29) is 11.9 Å². The normalized spacial score (nSPS) is 12.2. The number of nitrogen functional groups attached to an aromatic ring is 1. The minimum Gasteiger partial charge on any atom is -0.358 e. The highest BCUT2D eigenvalue weighted by atomic mass is 16.2. The second kappa shape index (κ2) is 5.06. The average molecular weight is 264 g/mol. The monoisotopic (exact) mass is 264 g/mol. The van der Waals surface area contributed by atoms with Crippen LogP contribution in [0.5, 0.6) is 0 Å². The number of nitrogens with one attached hydrogen (secondary N) is 3. The first kappa shape index (κ1) is 13.0. The number of carbonyl (C=O) groups excluding carboxylic acids is 1. The summed E-state index contributed by atoms with van der Waals surface area (Å²) in [6.45, 7) is 1.76. The molecule has 5 N–H and O–H groups in total. The number of hydrogen-bond donors (Lipinski definition) is 4. The molecule has 0 saturated carbocycles. The molecule has 0 spiro atoms. The SMILES string of the molecule is CC(Nc1nc(NN)nc2[nH]ncc12)C(=O)N(C)C. The molecule has 9 nitrogen and oxygen atoms in total. The number of hydrogen-bond acceptors (Lipinski definition) is 7. The van der Waals surface area contributed by atoms with Gasteiger partial charge in [-0.25, -0.2) is 5.84 Å². The fourth-order valence-electron chi connectivity index (χ4n) is 1.66. The summed E-state index contributed by atoms with van der Waals surface area (Å²) in [4.78, 5) is 21.6. The molecule has 2 rings (SSSR count). The number of amides is 1. The predicted molar refractivity (Wildman–Crippen MR) is 71.3 cm³/mol. The highest BCUT2D eigenvalue weighted by Crippen LogP contribution is 2.20. The van der Waals surface area contributed by atoms with Crippen LogP contribution in [0.3, 0.4) is 0 Å². The molecule has 1 unspecified atom stereocenters. The number of H-pyrrole nitrogens is 1. The van der Waals surface area contributed by atoms with Crippen molar-refractivity contribution in [3.8, 4) is 0 Å². The summed E-state index contributed by atoms with van der Waals surface area (Å²) >= 11 is 0. The third-order valence-corrected chi connectivity index (χ3v) is 2.60. The summed E-state index contributed by atoms with van der Waals surface area (Å²) in [6, 6.07) is -0.423. The standard InChI is InChI=1S/C10H16N8O/c1-5(9(19)18(2)3)13-7-6-4-12-17-8(6)15-10(14-7)16-11/h4-5H,11H2,1-3H3,(H3,12,13,14,15,16,17). The Bertz CT molecular complexity index is 592. The molecule has 0 bridgehead atoms. The lowest BCUT2D eigenvalue weighted by atomic mass is 10.3. The first-order valence-corrected chi connectivity index (χ1v) is 5.68. The van der Waals surface area contributed by atoms with Gasteiger partial charge in [0.2, 0.25) is 11.9 Å². The maximum atomic E-state index is 11.8. The molecule has 2 aromatic heterocycles. The molecule has 0 radical (unpaired) electrons. The van der Waals surface area contributed by atoms with Gasteiger partial charge in [0, 0.05) is 14.1 Å². The summed E-state index contributed by atoms with van der Waals surface area (Å²) in [7, 11) is 3.39. The summed E-state index contributed by atoms with van der Waals surface area (Å²) in [5, 5.41) is 10.3. The van der Waals surface area contributed by atoms with Crippen molar-refractivity contribution in [3.63, 3.8) is 0 Å². The number of nitrogens with two attached hydrogens (primary N) is 1. The van der Waals surface area contributed by atoms with Crippen molar-refractivity contribution in [2.24, 2.45) is 5.84 Å². The zero-order chi connectivity index (χ0) is 14.0. The summed E-state index contributed by atoms with van der Waals surface area (Å²) < 4.78 is 0. The Morgan fingerprint density at radius 1 is 1.47 bits per heavy atom. The van der Waals surface area contributed by atoms with E-state index in [1.807, 2.05) is 0 Å². The van der Waals surface area contributed by atoms with Crippen molar-refractivity contribution < 1.29 is 4.79 Å². The average Bonchev–Trinajstić information content (AvgIpc) is 2.85. The van der Waals surface area contributed by atoms with Crippen molar-refractivity contribution in [2.45, 2.75) is 13.0 Å². The Hall–Kier alpha value is -2.42. The van der Waals surface area contributed by atoms with Crippen LogP contribution in [-0.4, -0.2) is 51.1 Å². The molecule has 0 saturated heterocycles. The second-order valence-corrected chi connectivity index (χ2v) is 4.27. The van der Waals surface area contributed by atoms with Crippen LogP contribution in [0.2, 0.25) is 0 Å². The van der Waals surface area contributed by atoms with Gasteiger partial charge in [0.15, 0.2) is 5.65 Å². The topological polar surface area (TPSA) is 125 Å². The van der Waals surface area contributed by atoms with Crippen molar-refractivity contribution in [1.82, 2.24) is 25.1 Å². The van der Waals surface area contributed by atoms with E-state index in [1.54, 1.807) is 27.2 Å². The summed E-state index contributed by atoms with van der Waals surface area (Å²) in [5.41, 5.74) is 2.91. The number of anilines is 2. The van der Waals surface area contributed by atoms with Crippen LogP contribution in [0.15, 0.2) is 6.20 Å². The Morgan fingerprint density at radius 3 is 2.84 bits per heavy atom. The maximum absolute atomic E-state index is 11.8. The number of likely N-dealkylation sites (N-methyl/N-ethyl adjacent to an activating group) is 1. The lowest BCUT2D eigenvalue weighted by Crippen LogP contribution is -2.37. The smallest absolute Gasteiger partial charge is 0.244 e. The maximum Gasteiger partial charge on any atom is 0.244 e. The number of nitrogens with zero attached hydrogens (tertiary/aromatic N) is 4. The Labute approximate surface area is 109 Å². The molecule has 2 heterocycles. The van der Waals surface area contributed by atoms with Gasteiger partial charge < -0.3 is 10.2 Å². The largest absolute Gasteiger partial charge is 0.358 e. The molecular weight excluding hydrogens is 248 g/mol. The molecule has 102 valence electrons. The van der Waals surface area contributed by atoms with Crippen LogP contribution in [0.4, 0.5) is 11.8 Å². The first-order valence-electron chi connectivity index (χ1n) is 5.68. The number of carbonyl (C=O) groups is 1. The first-order chi connectivity index (χ1) is 9.02. The number of hydrazine groups is 1. The third-order valence-electron chi connectivity index (χ3n) is 2.60. The third kappa shape index (κ3) is 2.55. The van der Waals surface area contributed by atoms with Gasteiger partial charge in [-0.05, 0) is 6.92 Å². The van der Waals surface area contributed by atoms with Crippen LogP contribution in [0.25, 0.3) is 11.0 Å². The number of aromatic amines is 1. The Kier molecular flexibility index (Phi) is 3.47. The van der Waals surface area contributed by atoms with E-state index in [4.69, 9.17) is 5.84 Å². The van der Waals surface area contributed by atoms with E-state index >= 15 is 0 Å². The van der Waals surface area contributed by atoms with Crippen molar-refractivity contribution in [2.75, 3.05) is 24.8 Å². The molecule has 0 fully saturated rings. The fraction of sp³-hybridized carbons (Fsp3) is 0.400. The molecule has 1 amide bonds. The molecule has 1 atom stereocenters. The quantitative estimate of drug-likeness (QED) is 0.434. The van der Waals surface area contributed by atoms with Gasteiger partial charge in [-0.1, -0.05) is 0 Å². The van der Waals surface area contributed by atoms with Gasteiger partial charge in [-0.2, -0.15) is 15.1 Å². The number of aromatic nitrogens is 4. The van der Waals surface area contributed by atoms with E-state index in [9.17, 15) is 4.79 Å². The highest BCUT2D eigenvalue weighted by Gasteiger charge is 2.17. The van der Waals surface area contributed by atoms with Crippen LogP contribution < -0.4 is 16.6 Å². The Balaban J connectivity index is 2.33. The lowest BCUT2D eigenvalue weighted by Gasteiger charge is -2.18. The van der Waals surface area contributed by atoms with Crippen molar-refractivity contribution in [3.05, 3.63) is 6.20 Å². The number of rotatable bonds is 4. The minimum absolute atomic E-state index is 0.0579. The van der Waals surface area contributed by atoms with E-state index in [0.717, 1.165) is 0 Å². The lowest BCUT2D eigenvalue weighted by molar-refractivity contribution is -0.129. The molecular formula is C10H16N8O. The van der Waals surface area contributed by atoms with Gasteiger partial charge in [0.1, 0.15) is 11.9 Å². The van der Waals surface area contributed by atoms with Crippen LogP contribution >= 0.6 is 0 Å². The second-order valence-electron chi connectivity index (χ2n) is 4.27. The van der Waals surface area contributed by atoms with E-state index in [0.29, 0.717) is 16.9 Å². The van der Waals surface area contributed by atoms with Gasteiger partial charge in [-0.15, -0.1) is 0 Å². The molecule has 0 aliphatic heterocycles. The molecule has 2 aromatic rings. The fourth-order valence-corrected chi connectivity index (χ4v) is 1.66. The van der Waals surface area contributed by atoms with Gasteiger partial charge in [0.25, 0.3) is 0 Å². The van der Waals surface area contributed by atoms with Crippen LogP contribution in [0.1, 0.15) is 6.92 Å². The van der Waals surface area contributed by atoms with Crippen molar-refractivity contribution in [1.29, 1.82) is 0 Å². The van der Waals surface area contributed by atoms with Crippen LogP contribution in [0, 0.1) is 0 Å². The summed E-state index contributed by atoms with van der Waals surface area (Å²) in [5.74, 6) is 5.98. The van der Waals surface area contributed by atoms with E-state index in [1.165, 1.54) is 4.90 Å². The molecule has 9 heteroatoms. The number of fused-ring (bicyclic) bond motifs is 1. The summed E-state index contributed by atoms with van der Waals surface area (Å²) in [6.07, 6.45) is 1.59.